The van der Waals surface area contributed by atoms with Crippen LogP contribution in [-0.2, 0) is 21.8 Å². The molecule has 0 spiro atoms. The second kappa shape index (κ2) is 7.48. The van der Waals surface area contributed by atoms with E-state index in [0.717, 1.165) is 5.57 Å². The molecule has 1 atom stereocenters. The van der Waals surface area contributed by atoms with E-state index in [4.69, 9.17) is 4.74 Å². The van der Waals surface area contributed by atoms with Crippen LogP contribution in [0.25, 0.3) is 5.32 Å². The molecule has 0 amide bonds. The summed E-state index contributed by atoms with van der Waals surface area (Å²) in [5.41, 5.74) is 8.24. The second-order valence-electron chi connectivity index (χ2n) is 4.06. The molecule has 19 heavy (non-hydrogen) atoms. The van der Waals surface area contributed by atoms with Gasteiger partial charge >= 0.3 is 17.1 Å². The van der Waals surface area contributed by atoms with E-state index in [1.54, 1.807) is 0 Å². The third kappa shape index (κ3) is 4.34. The molecule has 3 heteroatoms. The fourth-order valence-corrected chi connectivity index (χ4v) is 1.35. The molecule has 3 aliphatic rings. The van der Waals surface area contributed by atoms with Crippen LogP contribution in [0, 0.1) is 41.8 Å². The van der Waals surface area contributed by atoms with Gasteiger partial charge in [0.1, 0.15) is 0 Å². The van der Waals surface area contributed by atoms with Crippen LogP contribution in [0.3, 0.4) is 0 Å². The van der Waals surface area contributed by atoms with Crippen LogP contribution in [0.5, 0.6) is 0 Å². The van der Waals surface area contributed by atoms with Gasteiger partial charge in [0.25, 0.3) is 0 Å². The molecule has 1 aliphatic heterocycles. The second-order valence-corrected chi connectivity index (χ2v) is 4.06. The number of rotatable bonds is 1. The van der Waals surface area contributed by atoms with Crippen molar-refractivity contribution in [3.63, 3.8) is 0 Å². The van der Waals surface area contributed by atoms with Gasteiger partial charge in [-0.25, -0.2) is 5.73 Å². The SMILES string of the molecule is CC(C)[C@@H]1COC(=C2C#CC#C2)[N-]1.[C]1=C=C=C=[C-]1.[Fe+2]. The minimum absolute atomic E-state index is 0. The van der Waals surface area contributed by atoms with Gasteiger partial charge in [-0.2, -0.15) is 0 Å². The Bertz CT molecular complexity index is 592. The molecule has 93 valence electrons. The maximum absolute atomic E-state index is 5.42. The van der Waals surface area contributed by atoms with Crippen molar-refractivity contribution in [1.82, 2.24) is 0 Å². The van der Waals surface area contributed by atoms with Gasteiger partial charge in [-0.3, -0.25) is 11.5 Å². The van der Waals surface area contributed by atoms with Crippen molar-refractivity contribution in [2.75, 3.05) is 6.61 Å². The van der Waals surface area contributed by atoms with Crippen molar-refractivity contribution in [1.29, 1.82) is 0 Å². The molecule has 1 radical (unpaired) electrons. The van der Waals surface area contributed by atoms with Gasteiger partial charge in [0, 0.05) is 5.88 Å². The van der Waals surface area contributed by atoms with E-state index >= 15 is 0 Å². The van der Waals surface area contributed by atoms with Gasteiger partial charge in [-0.1, -0.05) is 25.8 Å². The summed E-state index contributed by atoms with van der Waals surface area (Å²) >= 11 is 0. The molecule has 0 bridgehead atoms. The summed E-state index contributed by atoms with van der Waals surface area (Å²) in [5, 5.41) is 4.42. The molecule has 0 aromatic carbocycles. The van der Waals surface area contributed by atoms with Crippen molar-refractivity contribution in [2.45, 2.75) is 19.9 Å². The Balaban J connectivity index is 0.000000256. The van der Waals surface area contributed by atoms with Crippen molar-refractivity contribution in [3.8, 4) is 23.7 Å². The summed E-state index contributed by atoms with van der Waals surface area (Å²) < 4.78 is 5.42. The van der Waals surface area contributed by atoms with E-state index in [1.807, 2.05) is 0 Å². The van der Waals surface area contributed by atoms with E-state index in [9.17, 15) is 0 Å². The van der Waals surface area contributed by atoms with Gasteiger partial charge in [-0.15, -0.1) is 12.2 Å². The molecular formula is C16H10FeNO. The van der Waals surface area contributed by atoms with Gasteiger partial charge in [0.05, 0.1) is 12.2 Å². The summed E-state index contributed by atoms with van der Waals surface area (Å²) in [7, 11) is 0. The van der Waals surface area contributed by atoms with Crippen LogP contribution in [0.15, 0.2) is 28.6 Å². The Morgan fingerprint density at radius 3 is 2.42 bits per heavy atom. The topological polar surface area (TPSA) is 23.3 Å². The Labute approximate surface area is 124 Å². The predicted molar refractivity (Wildman–Crippen MR) is 67.5 cm³/mol. The van der Waals surface area contributed by atoms with Crippen molar-refractivity contribution in [2.24, 2.45) is 5.92 Å². The fourth-order valence-electron chi connectivity index (χ4n) is 1.35. The van der Waals surface area contributed by atoms with Crippen molar-refractivity contribution in [3.05, 3.63) is 46.1 Å². The molecule has 0 aromatic rings. The largest absolute Gasteiger partial charge is 2.00 e. The molecule has 1 saturated heterocycles. The Morgan fingerprint density at radius 1 is 1.26 bits per heavy atom. The third-order valence-electron chi connectivity index (χ3n) is 2.41. The van der Waals surface area contributed by atoms with Gasteiger partial charge in [0.15, 0.2) is 0 Å². The standard InChI is InChI=1S/C11H10NO.C5.Fe/c1-8(2)10-7-13-11(12-10)9-5-3-4-6-9;1-2-4-5-3-1;/h8,10H,7H2,1-2H3;;/q2*-1;+2/t10-;;/m0../s1. The predicted octanol–water partition coefficient (Wildman–Crippen LogP) is 2.27. The van der Waals surface area contributed by atoms with Crippen molar-refractivity contribution < 1.29 is 21.8 Å². The minimum Gasteiger partial charge on any atom is -0.647 e. The molecule has 0 unspecified atom stereocenters. The van der Waals surface area contributed by atoms with Gasteiger partial charge < -0.3 is 10.1 Å². The normalized spacial score (nSPS) is 18.8. The van der Waals surface area contributed by atoms with Crippen LogP contribution in [-0.4, -0.2) is 12.6 Å². The zero-order valence-corrected chi connectivity index (χ0v) is 11.7. The summed E-state index contributed by atoms with van der Waals surface area (Å²) in [6.07, 6.45) is 5.00. The monoisotopic (exact) mass is 288 g/mol. The summed E-state index contributed by atoms with van der Waals surface area (Å²) in [6, 6.07) is 0.270. The Hall–Kier alpha value is -1.94. The average Bonchev–Trinajstić information content (AvgIpc) is 3.14. The molecule has 3 rings (SSSR count). The zero-order valence-electron chi connectivity index (χ0n) is 10.6. The first kappa shape index (κ1) is 15.1. The maximum atomic E-state index is 5.42. The molecule has 1 heterocycles. The summed E-state index contributed by atoms with van der Waals surface area (Å²) in [4.78, 5) is 0. The van der Waals surface area contributed by atoms with Gasteiger partial charge in [-0.05, 0) is 23.7 Å². The first-order valence-electron chi connectivity index (χ1n) is 5.62. The van der Waals surface area contributed by atoms with Crippen molar-refractivity contribution >= 4 is 0 Å². The first-order valence-corrected chi connectivity index (χ1v) is 5.62. The fraction of sp³-hybridized carbons (Fsp3) is 0.312. The average molecular weight is 288 g/mol. The molecule has 0 N–H and O–H groups in total. The van der Waals surface area contributed by atoms with Crippen LogP contribution < -0.4 is 0 Å². The van der Waals surface area contributed by atoms with Crippen LogP contribution in [0.1, 0.15) is 13.8 Å². The van der Waals surface area contributed by atoms with Crippen LogP contribution >= 0.6 is 0 Å². The summed E-state index contributed by atoms with van der Waals surface area (Å²) in [5.74, 6) is 12.2. The van der Waals surface area contributed by atoms with E-state index in [0.29, 0.717) is 18.4 Å². The molecule has 2 nitrogen and oxygen atoms in total. The third-order valence-corrected chi connectivity index (χ3v) is 2.41. The molecule has 2 aliphatic carbocycles. The summed E-state index contributed by atoms with van der Waals surface area (Å²) in [6.45, 7) is 4.94. The van der Waals surface area contributed by atoms with E-state index in [-0.39, 0.29) is 23.1 Å². The molecule has 1 fully saturated rings. The van der Waals surface area contributed by atoms with E-state index in [1.165, 1.54) is 0 Å². The first-order chi connectivity index (χ1) is 8.77. The number of hydrogen-bond donors (Lipinski definition) is 0. The molecule has 0 aromatic heterocycles. The molecule has 0 saturated carbocycles. The number of nitrogens with zero attached hydrogens (tertiary/aromatic N) is 1. The van der Waals surface area contributed by atoms with E-state index < -0.39 is 0 Å². The smallest absolute Gasteiger partial charge is 0.647 e. The number of allylic oxidation sites excluding steroid dienone is 3. The molecular weight excluding hydrogens is 278 g/mol. The van der Waals surface area contributed by atoms with E-state index in [2.05, 4.69) is 72.2 Å². The Kier molecular flexibility index (Phi) is 5.96. The zero-order chi connectivity index (χ0) is 12.8. The van der Waals surface area contributed by atoms with Crippen LogP contribution in [0.2, 0.25) is 0 Å². The Morgan fingerprint density at radius 2 is 2.00 bits per heavy atom. The van der Waals surface area contributed by atoms with Gasteiger partial charge in [0.2, 0.25) is 0 Å². The number of hydrogen-bond acceptors (Lipinski definition) is 1. The van der Waals surface area contributed by atoms with Crippen LogP contribution in [0.4, 0.5) is 0 Å². The number of ether oxygens (including phenoxy) is 1. The minimum atomic E-state index is 0. The maximum Gasteiger partial charge on any atom is 2.00 e. The quantitative estimate of drug-likeness (QED) is 0.314.